The van der Waals surface area contributed by atoms with E-state index in [4.69, 9.17) is 0 Å². The maximum Gasteiger partial charge on any atom is 0.223 e. The third-order valence-corrected chi connectivity index (χ3v) is 3.11. The van der Waals surface area contributed by atoms with Crippen molar-refractivity contribution in [2.24, 2.45) is 0 Å². The second kappa shape index (κ2) is 6.39. The van der Waals surface area contributed by atoms with Gasteiger partial charge in [-0.2, -0.15) is 0 Å². The molecule has 0 saturated carbocycles. The minimum atomic E-state index is -0.116. The van der Waals surface area contributed by atoms with Crippen molar-refractivity contribution in [1.29, 1.82) is 0 Å². The van der Waals surface area contributed by atoms with Crippen molar-refractivity contribution < 1.29 is 4.79 Å². The largest absolute Gasteiger partial charge is 0.311 e. The Kier molecular flexibility index (Phi) is 4.58. The lowest BCUT2D eigenvalue weighted by Gasteiger charge is -1.96. The first-order chi connectivity index (χ1) is 9.17. The van der Waals surface area contributed by atoms with Crippen molar-refractivity contribution in [3.63, 3.8) is 0 Å². The molecule has 0 unspecified atom stereocenters. The van der Waals surface area contributed by atoms with Crippen LogP contribution in [0.4, 0.5) is 5.13 Å². The second-order valence-electron chi connectivity index (χ2n) is 4.01. The maximum absolute atomic E-state index is 10.9. The Hall–Kier alpha value is -1.80. The normalized spacial score (nSPS) is 10.6. The van der Waals surface area contributed by atoms with E-state index in [0.717, 1.165) is 17.9 Å². The summed E-state index contributed by atoms with van der Waals surface area (Å²) in [7, 11) is 0. The molecular formula is C11H16N6OS. The molecule has 0 aliphatic heterocycles. The van der Waals surface area contributed by atoms with E-state index in [2.05, 4.69) is 25.9 Å². The van der Waals surface area contributed by atoms with Gasteiger partial charge in [0.2, 0.25) is 5.91 Å². The van der Waals surface area contributed by atoms with Crippen molar-refractivity contribution in [1.82, 2.24) is 25.3 Å². The first-order valence-corrected chi connectivity index (χ1v) is 6.87. The molecule has 0 atom stereocenters. The molecule has 0 bridgehead atoms. The van der Waals surface area contributed by atoms with E-state index in [1.807, 2.05) is 18.5 Å². The predicted molar refractivity (Wildman–Crippen MR) is 72.9 cm³/mol. The number of anilines is 1. The second-order valence-corrected chi connectivity index (χ2v) is 4.87. The Morgan fingerprint density at radius 3 is 3.05 bits per heavy atom. The van der Waals surface area contributed by atoms with Crippen molar-refractivity contribution in [2.45, 2.75) is 26.9 Å². The molecule has 0 aliphatic rings. The molecular weight excluding hydrogens is 264 g/mol. The number of hydrogen-bond acceptors (Lipinski definition) is 6. The number of nitrogens with zero attached hydrogens (tertiary/aromatic N) is 4. The Labute approximate surface area is 115 Å². The average molecular weight is 280 g/mol. The number of carbonyl (C=O) groups is 1. The number of nitrogens with one attached hydrogen (secondary N) is 2. The van der Waals surface area contributed by atoms with E-state index in [-0.39, 0.29) is 5.91 Å². The van der Waals surface area contributed by atoms with Crippen LogP contribution >= 0.6 is 11.3 Å². The third-order valence-electron chi connectivity index (χ3n) is 2.30. The molecule has 0 aliphatic carbocycles. The van der Waals surface area contributed by atoms with Gasteiger partial charge < -0.3 is 10.6 Å². The molecule has 0 spiro atoms. The zero-order chi connectivity index (χ0) is 13.7. The Bertz CT molecular complexity index is 549. The summed E-state index contributed by atoms with van der Waals surface area (Å²) < 4.78 is 1.74. The topological polar surface area (TPSA) is 84.7 Å². The smallest absolute Gasteiger partial charge is 0.223 e. The van der Waals surface area contributed by atoms with E-state index < -0.39 is 0 Å². The van der Waals surface area contributed by atoms with Crippen LogP contribution in [0.15, 0.2) is 11.6 Å². The predicted octanol–water partition coefficient (Wildman–Crippen LogP) is 0.851. The zero-order valence-corrected chi connectivity index (χ0v) is 11.7. The lowest BCUT2D eigenvalue weighted by atomic mass is 10.4. The van der Waals surface area contributed by atoms with Crippen LogP contribution in [0.5, 0.6) is 0 Å². The summed E-state index contributed by atoms with van der Waals surface area (Å²) in [5, 5.41) is 16.5. The highest BCUT2D eigenvalue weighted by atomic mass is 32.1. The molecule has 1 amide bonds. The lowest BCUT2D eigenvalue weighted by Crippen LogP contribution is -2.11. The molecule has 7 nitrogen and oxygen atoms in total. The van der Waals surface area contributed by atoms with Crippen molar-refractivity contribution in [3.8, 4) is 0 Å². The van der Waals surface area contributed by atoms with Gasteiger partial charge in [0.1, 0.15) is 0 Å². The van der Waals surface area contributed by atoms with E-state index in [9.17, 15) is 4.79 Å². The summed E-state index contributed by atoms with van der Waals surface area (Å²) in [5.41, 5.74) is 1.76. The monoisotopic (exact) mass is 280 g/mol. The van der Waals surface area contributed by atoms with Crippen molar-refractivity contribution in [2.75, 3.05) is 11.9 Å². The van der Waals surface area contributed by atoms with Crippen LogP contribution in [0.3, 0.4) is 0 Å². The van der Waals surface area contributed by atoms with Crippen molar-refractivity contribution >= 4 is 22.4 Å². The summed E-state index contributed by atoms with van der Waals surface area (Å²) >= 11 is 1.40. The van der Waals surface area contributed by atoms with Gasteiger partial charge in [0, 0.05) is 18.8 Å². The molecule has 2 rings (SSSR count). The molecule has 0 radical (unpaired) electrons. The molecule has 102 valence electrons. The molecule has 2 aromatic heterocycles. The summed E-state index contributed by atoms with van der Waals surface area (Å²) in [6.07, 6.45) is 1.89. The SMILES string of the molecule is CCNCc1cn(Cc2csc(NC(C)=O)n2)nn1. The number of aromatic nitrogens is 4. The van der Waals surface area contributed by atoms with Crippen LogP contribution < -0.4 is 10.6 Å². The van der Waals surface area contributed by atoms with Gasteiger partial charge in [0.15, 0.2) is 5.13 Å². The molecule has 2 aromatic rings. The fraction of sp³-hybridized carbons (Fsp3) is 0.455. The Balaban J connectivity index is 1.94. The lowest BCUT2D eigenvalue weighted by molar-refractivity contribution is -0.114. The Morgan fingerprint density at radius 1 is 1.47 bits per heavy atom. The number of hydrogen-bond donors (Lipinski definition) is 2. The van der Waals surface area contributed by atoms with E-state index in [1.165, 1.54) is 18.3 Å². The highest BCUT2D eigenvalue weighted by Crippen LogP contribution is 2.15. The van der Waals surface area contributed by atoms with Crippen LogP contribution in [0, 0.1) is 0 Å². The van der Waals surface area contributed by atoms with Gasteiger partial charge in [-0.3, -0.25) is 4.79 Å². The molecule has 8 heteroatoms. The minimum absolute atomic E-state index is 0.116. The summed E-state index contributed by atoms with van der Waals surface area (Å²) in [5.74, 6) is -0.116. The Morgan fingerprint density at radius 2 is 2.32 bits per heavy atom. The minimum Gasteiger partial charge on any atom is -0.311 e. The summed E-state index contributed by atoms with van der Waals surface area (Å²) in [6, 6.07) is 0. The zero-order valence-electron chi connectivity index (χ0n) is 10.9. The number of rotatable bonds is 6. The maximum atomic E-state index is 10.9. The molecule has 0 fully saturated rings. The molecule has 2 N–H and O–H groups in total. The highest BCUT2D eigenvalue weighted by molar-refractivity contribution is 7.13. The van der Waals surface area contributed by atoms with Gasteiger partial charge in [-0.25, -0.2) is 9.67 Å². The van der Waals surface area contributed by atoms with Gasteiger partial charge in [0.25, 0.3) is 0 Å². The quantitative estimate of drug-likeness (QED) is 0.819. The first kappa shape index (κ1) is 13.6. The fourth-order valence-electron chi connectivity index (χ4n) is 1.50. The van der Waals surface area contributed by atoms with Gasteiger partial charge >= 0.3 is 0 Å². The van der Waals surface area contributed by atoms with Gasteiger partial charge in [-0.15, -0.1) is 16.4 Å². The van der Waals surface area contributed by atoms with Gasteiger partial charge in [-0.1, -0.05) is 12.1 Å². The molecule has 2 heterocycles. The van der Waals surface area contributed by atoms with Gasteiger partial charge in [0.05, 0.1) is 24.1 Å². The van der Waals surface area contributed by atoms with Gasteiger partial charge in [-0.05, 0) is 6.54 Å². The standard InChI is InChI=1S/C11H16N6OS/c1-3-12-4-9-5-17(16-15-9)6-10-7-19-11(14-10)13-8(2)18/h5,7,12H,3-4,6H2,1-2H3,(H,13,14,18). The third kappa shape index (κ3) is 4.11. The first-order valence-electron chi connectivity index (χ1n) is 5.99. The number of amides is 1. The van der Waals surface area contributed by atoms with Crippen molar-refractivity contribution in [3.05, 3.63) is 23.0 Å². The number of thiazole rings is 1. The van der Waals surface area contributed by atoms with Crippen LogP contribution in [-0.4, -0.2) is 32.4 Å². The highest BCUT2D eigenvalue weighted by Gasteiger charge is 2.06. The number of carbonyl (C=O) groups excluding carboxylic acids is 1. The summed E-state index contributed by atoms with van der Waals surface area (Å²) in [6.45, 7) is 5.67. The van der Waals surface area contributed by atoms with Crippen LogP contribution in [-0.2, 0) is 17.9 Å². The molecule has 19 heavy (non-hydrogen) atoms. The van der Waals surface area contributed by atoms with E-state index >= 15 is 0 Å². The fourth-order valence-corrected chi connectivity index (χ4v) is 2.25. The van der Waals surface area contributed by atoms with E-state index in [1.54, 1.807) is 4.68 Å². The summed E-state index contributed by atoms with van der Waals surface area (Å²) in [4.78, 5) is 15.2. The van der Waals surface area contributed by atoms with Crippen LogP contribution in [0.2, 0.25) is 0 Å². The molecule has 0 saturated heterocycles. The average Bonchev–Trinajstić information content (AvgIpc) is 2.96. The molecule has 0 aromatic carbocycles. The van der Waals surface area contributed by atoms with E-state index in [0.29, 0.717) is 18.2 Å². The van der Waals surface area contributed by atoms with Crippen LogP contribution in [0.25, 0.3) is 0 Å². The van der Waals surface area contributed by atoms with Crippen LogP contribution in [0.1, 0.15) is 25.2 Å².